The summed E-state index contributed by atoms with van der Waals surface area (Å²) < 4.78 is 13.8. The summed E-state index contributed by atoms with van der Waals surface area (Å²) in [5.74, 6) is 0.228. The van der Waals surface area contributed by atoms with Crippen LogP contribution in [0.25, 0.3) is 0 Å². The van der Waals surface area contributed by atoms with Gasteiger partial charge in [0.25, 0.3) is 0 Å². The number of nitrogens with zero attached hydrogens (tertiary/aromatic N) is 5. The lowest BCUT2D eigenvalue weighted by Crippen LogP contribution is -2.46. The van der Waals surface area contributed by atoms with Crippen molar-refractivity contribution >= 4 is 22.3 Å². The highest BCUT2D eigenvalue weighted by Gasteiger charge is 2.21. The first-order chi connectivity index (χ1) is 11.0. The van der Waals surface area contributed by atoms with E-state index in [0.29, 0.717) is 5.82 Å². The number of halogens is 1. The first-order valence-corrected chi connectivity index (χ1v) is 8.57. The second kappa shape index (κ2) is 6.80. The molecule has 3 rings (SSSR count). The van der Waals surface area contributed by atoms with Gasteiger partial charge in [-0.3, -0.25) is 4.90 Å². The third-order valence-corrected chi connectivity index (χ3v) is 5.35. The Hall–Kier alpha value is -1.73. The molecule has 0 saturated carbocycles. The Morgan fingerprint density at radius 2 is 2.00 bits per heavy atom. The molecule has 5 nitrogen and oxygen atoms in total. The van der Waals surface area contributed by atoms with E-state index in [1.807, 2.05) is 23.9 Å². The Labute approximate surface area is 140 Å². The SMILES string of the molecule is Cc1nc(N(C)C)sc1CN1CCN(c2ncccc2F)CC1. The summed E-state index contributed by atoms with van der Waals surface area (Å²) in [6.07, 6.45) is 1.65. The number of hydrogen-bond acceptors (Lipinski definition) is 6. The molecule has 2 aromatic rings. The minimum Gasteiger partial charge on any atom is -0.354 e. The predicted molar refractivity (Wildman–Crippen MR) is 92.9 cm³/mol. The van der Waals surface area contributed by atoms with E-state index in [0.717, 1.165) is 43.5 Å². The zero-order valence-corrected chi connectivity index (χ0v) is 14.6. The number of hydrogen-bond donors (Lipinski definition) is 0. The molecule has 0 unspecified atom stereocenters. The van der Waals surface area contributed by atoms with Gasteiger partial charge in [-0.25, -0.2) is 14.4 Å². The number of anilines is 2. The summed E-state index contributed by atoms with van der Waals surface area (Å²) in [7, 11) is 4.03. The number of piperazine rings is 1. The summed E-state index contributed by atoms with van der Waals surface area (Å²) in [6, 6.07) is 3.10. The summed E-state index contributed by atoms with van der Waals surface area (Å²) in [6.45, 7) is 6.39. The van der Waals surface area contributed by atoms with Crippen LogP contribution in [0.15, 0.2) is 18.3 Å². The molecule has 1 fully saturated rings. The fraction of sp³-hybridized carbons (Fsp3) is 0.500. The van der Waals surface area contributed by atoms with Crippen LogP contribution in [0.4, 0.5) is 15.3 Å². The number of aromatic nitrogens is 2. The molecule has 2 aromatic heterocycles. The van der Waals surface area contributed by atoms with Gasteiger partial charge in [0.1, 0.15) is 0 Å². The quantitative estimate of drug-likeness (QED) is 0.857. The van der Waals surface area contributed by atoms with E-state index >= 15 is 0 Å². The standard InChI is InChI=1S/C16H22FN5S/c1-12-14(23-16(19-12)20(2)3)11-21-7-9-22(10-8-21)15-13(17)5-4-6-18-15/h4-6H,7-11H2,1-3H3. The van der Waals surface area contributed by atoms with Crippen LogP contribution in [0.3, 0.4) is 0 Å². The van der Waals surface area contributed by atoms with Gasteiger partial charge in [0.05, 0.1) is 5.69 Å². The maximum atomic E-state index is 13.8. The molecule has 0 atom stereocenters. The molecule has 1 aliphatic heterocycles. The topological polar surface area (TPSA) is 35.5 Å². The van der Waals surface area contributed by atoms with Crippen LogP contribution in [0, 0.1) is 12.7 Å². The minimum atomic E-state index is -0.241. The highest BCUT2D eigenvalue weighted by atomic mass is 32.1. The van der Waals surface area contributed by atoms with E-state index in [-0.39, 0.29) is 5.82 Å². The Balaban J connectivity index is 1.60. The third kappa shape index (κ3) is 3.61. The fourth-order valence-electron chi connectivity index (χ4n) is 2.68. The minimum absolute atomic E-state index is 0.241. The Kier molecular flexibility index (Phi) is 4.77. The van der Waals surface area contributed by atoms with Gasteiger partial charge in [-0.05, 0) is 19.1 Å². The van der Waals surface area contributed by atoms with Gasteiger partial charge in [-0.15, -0.1) is 11.3 Å². The van der Waals surface area contributed by atoms with Crippen LogP contribution in [-0.2, 0) is 6.54 Å². The van der Waals surface area contributed by atoms with Gasteiger partial charge in [-0.1, -0.05) is 0 Å². The number of rotatable bonds is 4. The molecule has 0 amide bonds. The normalized spacial score (nSPS) is 15.9. The first kappa shape index (κ1) is 16.1. The van der Waals surface area contributed by atoms with E-state index < -0.39 is 0 Å². The molecule has 0 bridgehead atoms. The molecule has 0 spiro atoms. The predicted octanol–water partition coefficient (Wildman–Crippen LogP) is 2.37. The molecule has 0 N–H and O–H groups in total. The average Bonchev–Trinajstić information content (AvgIpc) is 2.90. The molecule has 7 heteroatoms. The van der Waals surface area contributed by atoms with Crippen molar-refractivity contribution in [2.24, 2.45) is 0 Å². The zero-order chi connectivity index (χ0) is 16.4. The molecule has 0 aromatic carbocycles. The van der Waals surface area contributed by atoms with Crippen molar-refractivity contribution in [3.05, 3.63) is 34.7 Å². The van der Waals surface area contributed by atoms with E-state index in [9.17, 15) is 4.39 Å². The van der Waals surface area contributed by atoms with E-state index in [1.54, 1.807) is 23.6 Å². The van der Waals surface area contributed by atoms with Crippen LogP contribution < -0.4 is 9.80 Å². The smallest absolute Gasteiger partial charge is 0.185 e. The molecule has 3 heterocycles. The lowest BCUT2D eigenvalue weighted by Gasteiger charge is -2.35. The van der Waals surface area contributed by atoms with Crippen molar-refractivity contribution in [3.63, 3.8) is 0 Å². The van der Waals surface area contributed by atoms with Crippen molar-refractivity contribution in [1.82, 2.24) is 14.9 Å². The van der Waals surface area contributed by atoms with Crippen LogP contribution in [0.2, 0.25) is 0 Å². The zero-order valence-electron chi connectivity index (χ0n) is 13.8. The highest BCUT2D eigenvalue weighted by Crippen LogP contribution is 2.26. The summed E-state index contributed by atoms with van der Waals surface area (Å²) in [4.78, 5) is 16.5. The molecule has 0 aliphatic carbocycles. The largest absolute Gasteiger partial charge is 0.354 e. The second-order valence-electron chi connectivity index (χ2n) is 5.97. The maximum Gasteiger partial charge on any atom is 0.185 e. The average molecular weight is 335 g/mol. The van der Waals surface area contributed by atoms with Crippen molar-refractivity contribution in [2.75, 3.05) is 50.1 Å². The van der Waals surface area contributed by atoms with Gasteiger partial charge < -0.3 is 9.80 Å². The summed E-state index contributed by atoms with van der Waals surface area (Å²) in [5, 5.41) is 1.05. The van der Waals surface area contributed by atoms with Gasteiger partial charge in [0.2, 0.25) is 0 Å². The highest BCUT2D eigenvalue weighted by molar-refractivity contribution is 7.15. The van der Waals surface area contributed by atoms with Gasteiger partial charge in [0.15, 0.2) is 16.8 Å². The molecule has 23 heavy (non-hydrogen) atoms. The molecular formula is C16H22FN5S. The Morgan fingerprint density at radius 1 is 1.26 bits per heavy atom. The van der Waals surface area contributed by atoms with Crippen molar-refractivity contribution in [1.29, 1.82) is 0 Å². The third-order valence-electron chi connectivity index (χ3n) is 4.04. The van der Waals surface area contributed by atoms with Crippen LogP contribution in [-0.4, -0.2) is 55.1 Å². The molecule has 1 saturated heterocycles. The maximum absolute atomic E-state index is 13.8. The molecule has 124 valence electrons. The first-order valence-electron chi connectivity index (χ1n) is 7.76. The Morgan fingerprint density at radius 3 is 2.61 bits per heavy atom. The van der Waals surface area contributed by atoms with Gasteiger partial charge in [0, 0.05) is 57.9 Å². The van der Waals surface area contributed by atoms with E-state index in [4.69, 9.17) is 0 Å². The van der Waals surface area contributed by atoms with E-state index in [2.05, 4.69) is 21.8 Å². The van der Waals surface area contributed by atoms with Crippen molar-refractivity contribution in [3.8, 4) is 0 Å². The van der Waals surface area contributed by atoms with E-state index in [1.165, 1.54) is 10.9 Å². The molecule has 1 aliphatic rings. The monoisotopic (exact) mass is 335 g/mol. The second-order valence-corrected chi connectivity index (χ2v) is 7.03. The Bertz CT molecular complexity index is 664. The van der Waals surface area contributed by atoms with Gasteiger partial charge >= 0.3 is 0 Å². The van der Waals surface area contributed by atoms with Crippen molar-refractivity contribution in [2.45, 2.75) is 13.5 Å². The number of pyridine rings is 1. The summed E-state index contributed by atoms with van der Waals surface area (Å²) >= 11 is 1.75. The fourth-order valence-corrected chi connectivity index (χ4v) is 3.71. The van der Waals surface area contributed by atoms with Crippen LogP contribution in [0.5, 0.6) is 0 Å². The van der Waals surface area contributed by atoms with Crippen LogP contribution in [0.1, 0.15) is 10.6 Å². The lowest BCUT2D eigenvalue weighted by atomic mass is 10.2. The summed E-state index contributed by atoms with van der Waals surface area (Å²) in [5.41, 5.74) is 1.11. The van der Waals surface area contributed by atoms with Crippen LogP contribution >= 0.6 is 11.3 Å². The van der Waals surface area contributed by atoms with Crippen molar-refractivity contribution < 1.29 is 4.39 Å². The molecule has 0 radical (unpaired) electrons. The molecular weight excluding hydrogens is 313 g/mol. The lowest BCUT2D eigenvalue weighted by molar-refractivity contribution is 0.250. The number of aryl methyl sites for hydroxylation is 1. The number of thiazole rings is 1. The van der Waals surface area contributed by atoms with Gasteiger partial charge in [-0.2, -0.15) is 0 Å².